The van der Waals surface area contributed by atoms with Gasteiger partial charge in [0.25, 0.3) is 0 Å². The van der Waals surface area contributed by atoms with Crippen LogP contribution in [-0.4, -0.2) is 37.0 Å². The van der Waals surface area contributed by atoms with Crippen molar-refractivity contribution in [2.24, 2.45) is 17.8 Å². The zero-order valence-electron chi connectivity index (χ0n) is 22.7. The van der Waals surface area contributed by atoms with Gasteiger partial charge in [0.1, 0.15) is 6.10 Å². The van der Waals surface area contributed by atoms with E-state index in [9.17, 15) is 4.79 Å². The third kappa shape index (κ3) is 10.1. The number of hydrogen-bond acceptors (Lipinski definition) is 4. The van der Waals surface area contributed by atoms with Gasteiger partial charge < -0.3 is 14.2 Å². The number of fused-ring (bicyclic) bond motifs is 2. The number of allylic oxidation sites excluding steroid dienone is 2. The Morgan fingerprint density at radius 3 is 2.67 bits per heavy atom. The topological polar surface area (TPSA) is 44.8 Å². The third-order valence-corrected chi connectivity index (χ3v) is 7.23. The first-order valence-corrected chi connectivity index (χ1v) is 13.8. The van der Waals surface area contributed by atoms with E-state index in [-0.39, 0.29) is 36.3 Å². The number of cyclic esters (lactones) is 1. The van der Waals surface area contributed by atoms with Crippen molar-refractivity contribution in [2.75, 3.05) is 6.61 Å². The van der Waals surface area contributed by atoms with E-state index in [1.807, 2.05) is 6.08 Å². The second-order valence-electron chi connectivity index (χ2n) is 11.1. The lowest BCUT2D eigenvalue weighted by molar-refractivity contribution is -0.144. The van der Waals surface area contributed by atoms with Crippen molar-refractivity contribution >= 4 is 5.97 Å². The lowest BCUT2D eigenvalue weighted by atomic mass is 9.90. The van der Waals surface area contributed by atoms with E-state index in [4.69, 9.17) is 14.2 Å². The van der Waals surface area contributed by atoms with Crippen molar-refractivity contribution in [3.05, 3.63) is 72.4 Å². The monoisotopic (exact) mass is 494 g/mol. The summed E-state index contributed by atoms with van der Waals surface area (Å²) in [4.78, 5) is 12.7. The fourth-order valence-corrected chi connectivity index (χ4v) is 5.27. The summed E-state index contributed by atoms with van der Waals surface area (Å²) in [7, 11) is 0. The summed E-state index contributed by atoms with van der Waals surface area (Å²) in [6.07, 6.45) is 24.9. The Balaban J connectivity index is 1.70. The summed E-state index contributed by atoms with van der Waals surface area (Å²) >= 11 is 0. The molecule has 0 fully saturated rings. The number of hydrogen-bond donors (Lipinski definition) is 0. The molecule has 0 N–H and O–H groups in total. The maximum Gasteiger partial charge on any atom is 0.330 e. The molecule has 0 aromatic rings. The van der Waals surface area contributed by atoms with Gasteiger partial charge >= 0.3 is 5.97 Å². The van der Waals surface area contributed by atoms with E-state index in [1.165, 1.54) is 11.1 Å². The zero-order valence-corrected chi connectivity index (χ0v) is 22.7. The van der Waals surface area contributed by atoms with Gasteiger partial charge in [-0.25, -0.2) is 4.79 Å². The minimum Gasteiger partial charge on any atom is -0.458 e. The van der Waals surface area contributed by atoms with Crippen LogP contribution in [0.25, 0.3) is 0 Å². The Kier molecular flexibility index (Phi) is 11.5. The van der Waals surface area contributed by atoms with Crippen LogP contribution < -0.4 is 0 Å². The maximum atomic E-state index is 12.7. The molecular formula is C32H46O4. The van der Waals surface area contributed by atoms with Gasteiger partial charge in [0.05, 0.1) is 24.9 Å². The second-order valence-corrected chi connectivity index (χ2v) is 11.1. The van der Waals surface area contributed by atoms with Gasteiger partial charge in [-0.15, -0.1) is 0 Å². The van der Waals surface area contributed by atoms with E-state index < -0.39 is 0 Å². The van der Waals surface area contributed by atoms with Gasteiger partial charge in [-0.3, -0.25) is 0 Å². The maximum absolute atomic E-state index is 12.7. The van der Waals surface area contributed by atoms with Gasteiger partial charge in [-0.2, -0.15) is 0 Å². The van der Waals surface area contributed by atoms with Crippen LogP contribution in [0.3, 0.4) is 0 Å². The Hall–Kier alpha value is -2.17. The van der Waals surface area contributed by atoms with E-state index in [0.29, 0.717) is 31.3 Å². The van der Waals surface area contributed by atoms with Gasteiger partial charge in [-0.1, -0.05) is 87.1 Å². The van der Waals surface area contributed by atoms with Gasteiger partial charge in [-0.05, 0) is 57.3 Å². The average Bonchev–Trinajstić information content (AvgIpc) is 2.81. The predicted octanol–water partition coefficient (Wildman–Crippen LogP) is 7.44. The van der Waals surface area contributed by atoms with E-state index in [2.05, 4.69) is 76.8 Å². The summed E-state index contributed by atoms with van der Waals surface area (Å²) in [5.41, 5.74) is 2.65. The molecule has 3 aliphatic heterocycles. The normalized spacial score (nSPS) is 35.8. The highest BCUT2D eigenvalue weighted by molar-refractivity contribution is 5.82. The number of carbonyl (C=O) groups is 1. The standard InChI is InChI=1S/C32H46O4/c1-23-9-6-13-31(27(5)15-16-29-21-24(2)17-18-34-29)36-32(33)14-8-11-28-10-7-12-30(35-28)22-26(4)20-25(3)19-23/h6-10,14-17,23,26-31H,3,11-13,18-22H2,1-2,4-5H3/b9-6-,14-8-,16-15+. The Bertz CT molecular complexity index is 877. The highest BCUT2D eigenvalue weighted by Crippen LogP contribution is 2.27. The molecule has 0 aromatic heterocycles. The molecule has 0 amide bonds. The van der Waals surface area contributed by atoms with Crippen LogP contribution in [0, 0.1) is 17.8 Å². The van der Waals surface area contributed by atoms with Crippen molar-refractivity contribution in [3.8, 4) is 0 Å². The number of carbonyl (C=O) groups excluding carboxylic acids is 1. The first-order chi connectivity index (χ1) is 17.3. The lowest BCUT2D eigenvalue weighted by Crippen LogP contribution is -2.26. The van der Waals surface area contributed by atoms with E-state index in [0.717, 1.165) is 32.1 Å². The molecule has 7 atom stereocenters. The molecule has 7 unspecified atom stereocenters. The van der Waals surface area contributed by atoms with Crippen molar-refractivity contribution in [2.45, 2.75) is 97.1 Å². The minimum atomic E-state index is -0.297. The molecule has 2 bridgehead atoms. The summed E-state index contributed by atoms with van der Waals surface area (Å²) in [6.45, 7) is 13.8. The summed E-state index contributed by atoms with van der Waals surface area (Å²) in [5.74, 6) is 0.715. The number of rotatable bonds is 3. The zero-order chi connectivity index (χ0) is 25.9. The van der Waals surface area contributed by atoms with Crippen LogP contribution in [0.1, 0.15) is 72.6 Å². The smallest absolute Gasteiger partial charge is 0.330 e. The molecule has 198 valence electrons. The quantitative estimate of drug-likeness (QED) is 0.302. The Labute approximate surface area is 218 Å². The number of ether oxygens (including phenoxy) is 3. The molecule has 4 heteroatoms. The highest BCUT2D eigenvalue weighted by atomic mass is 16.5. The minimum absolute atomic E-state index is 0.00990. The molecule has 0 aromatic carbocycles. The first kappa shape index (κ1) is 28.4. The van der Waals surface area contributed by atoms with Crippen molar-refractivity contribution in [3.63, 3.8) is 0 Å². The Morgan fingerprint density at radius 1 is 1.06 bits per heavy atom. The number of esters is 1. The molecule has 36 heavy (non-hydrogen) atoms. The van der Waals surface area contributed by atoms with Crippen LogP contribution in [0.2, 0.25) is 0 Å². The van der Waals surface area contributed by atoms with Crippen molar-refractivity contribution < 1.29 is 19.0 Å². The second kappa shape index (κ2) is 14.5. The highest BCUT2D eigenvalue weighted by Gasteiger charge is 2.22. The van der Waals surface area contributed by atoms with Crippen LogP contribution >= 0.6 is 0 Å². The average molecular weight is 495 g/mol. The molecule has 0 spiro atoms. The van der Waals surface area contributed by atoms with Crippen LogP contribution in [0.5, 0.6) is 0 Å². The van der Waals surface area contributed by atoms with Crippen LogP contribution in [0.15, 0.2) is 72.4 Å². The summed E-state index contributed by atoms with van der Waals surface area (Å²) < 4.78 is 18.1. The van der Waals surface area contributed by atoms with Gasteiger partial charge in [0.2, 0.25) is 0 Å². The SMILES string of the molecule is C=C1CC(C)/C=C\CC(C(C)/C=C/C2CC(C)=CCO2)OC(=O)/C=C\CC2C=CCC(CC(C)C1)O2. The van der Waals surface area contributed by atoms with E-state index in [1.54, 1.807) is 6.08 Å². The van der Waals surface area contributed by atoms with Crippen molar-refractivity contribution in [1.29, 1.82) is 0 Å². The molecule has 0 saturated carbocycles. The van der Waals surface area contributed by atoms with Gasteiger partial charge in [0, 0.05) is 18.4 Å². The van der Waals surface area contributed by atoms with Crippen LogP contribution in [-0.2, 0) is 19.0 Å². The summed E-state index contributed by atoms with van der Waals surface area (Å²) in [5, 5.41) is 0. The first-order valence-electron chi connectivity index (χ1n) is 13.8. The summed E-state index contributed by atoms with van der Waals surface area (Å²) in [6, 6.07) is 0. The molecule has 0 saturated heterocycles. The molecule has 3 aliphatic rings. The molecule has 4 nitrogen and oxygen atoms in total. The fourth-order valence-electron chi connectivity index (χ4n) is 5.27. The third-order valence-electron chi connectivity index (χ3n) is 7.23. The van der Waals surface area contributed by atoms with Crippen LogP contribution in [0.4, 0.5) is 0 Å². The molecule has 3 rings (SSSR count). The largest absolute Gasteiger partial charge is 0.458 e. The molecule has 0 aliphatic carbocycles. The molecular weight excluding hydrogens is 448 g/mol. The van der Waals surface area contributed by atoms with E-state index >= 15 is 0 Å². The lowest BCUT2D eigenvalue weighted by Gasteiger charge is -2.28. The molecule has 0 radical (unpaired) electrons. The van der Waals surface area contributed by atoms with Gasteiger partial charge in [0.15, 0.2) is 0 Å². The predicted molar refractivity (Wildman–Crippen MR) is 148 cm³/mol. The molecule has 3 heterocycles. The fraction of sp³-hybridized carbons (Fsp3) is 0.594. The van der Waals surface area contributed by atoms with Crippen molar-refractivity contribution in [1.82, 2.24) is 0 Å². The Morgan fingerprint density at radius 2 is 1.86 bits per heavy atom.